The van der Waals surface area contributed by atoms with Crippen molar-refractivity contribution < 1.29 is 23.9 Å². The molecule has 6 rings (SSSR count). The number of Topliss-reactive ketones (excluding diaryl/α,β-unsaturated/α-hetero) is 1. The van der Waals surface area contributed by atoms with Crippen molar-refractivity contribution in [1.82, 2.24) is 4.90 Å². The highest BCUT2D eigenvalue weighted by molar-refractivity contribution is 6.06. The minimum absolute atomic E-state index is 0.0248. The summed E-state index contributed by atoms with van der Waals surface area (Å²) in [6.07, 6.45) is 5.28. The van der Waals surface area contributed by atoms with Crippen molar-refractivity contribution in [2.24, 2.45) is 35.5 Å². The summed E-state index contributed by atoms with van der Waals surface area (Å²) in [5, 5.41) is 0. The Balaban J connectivity index is 1.15. The topological polar surface area (TPSA) is 80.8 Å². The van der Waals surface area contributed by atoms with E-state index in [2.05, 4.69) is 12.2 Å². The van der Waals surface area contributed by atoms with Crippen LogP contribution in [0.5, 0.6) is 0 Å². The van der Waals surface area contributed by atoms with Crippen molar-refractivity contribution in [3.8, 4) is 0 Å². The third-order valence-corrected chi connectivity index (χ3v) is 7.03. The van der Waals surface area contributed by atoms with E-state index in [-0.39, 0.29) is 60.8 Å². The third kappa shape index (κ3) is 2.93. The number of imide groups is 1. The number of amides is 2. The Morgan fingerprint density at radius 1 is 1.00 bits per heavy atom. The molecule has 2 bridgehead atoms. The molecule has 0 unspecified atom stereocenters. The van der Waals surface area contributed by atoms with Gasteiger partial charge < -0.3 is 4.74 Å². The molecular formula is C23H23NO5. The molecule has 1 aliphatic heterocycles. The van der Waals surface area contributed by atoms with Crippen LogP contribution in [0, 0.1) is 42.4 Å². The van der Waals surface area contributed by atoms with Crippen LogP contribution in [0.25, 0.3) is 0 Å². The number of nitrogens with zero attached hydrogens (tertiary/aromatic N) is 1. The molecule has 6 heteroatoms. The molecule has 4 aliphatic carbocycles. The van der Waals surface area contributed by atoms with E-state index < -0.39 is 5.97 Å². The first-order valence-corrected chi connectivity index (χ1v) is 10.2. The molecule has 2 saturated carbocycles. The fourth-order valence-electron chi connectivity index (χ4n) is 5.48. The van der Waals surface area contributed by atoms with Crippen LogP contribution in [0.1, 0.15) is 28.8 Å². The van der Waals surface area contributed by atoms with Crippen LogP contribution in [0.2, 0.25) is 0 Å². The summed E-state index contributed by atoms with van der Waals surface area (Å²) >= 11 is 0. The Labute approximate surface area is 168 Å². The molecule has 1 saturated heterocycles. The molecule has 6 nitrogen and oxygen atoms in total. The SMILES string of the molecule is Cc1ccc(C(=O)COC(=O)CCN2C(=O)[C@H]3[C@@H]4C=C[C@H]([C@@H]5C[C@H]45)[C@@H]3C2=O)cc1. The third-order valence-electron chi connectivity index (χ3n) is 7.03. The van der Waals surface area contributed by atoms with Gasteiger partial charge in [0.15, 0.2) is 12.4 Å². The highest BCUT2D eigenvalue weighted by Crippen LogP contribution is 2.65. The molecule has 150 valence electrons. The number of likely N-dealkylation sites (tertiary alicyclic amines) is 1. The van der Waals surface area contributed by atoms with E-state index >= 15 is 0 Å². The standard InChI is InChI=1S/C23H23NO5/c1-12-2-4-13(5-3-12)18(25)11-29-19(26)8-9-24-22(27)20-14-6-7-15(17-10-16(14)17)21(20)23(24)28/h2-7,14-17,20-21H,8-11H2,1H3/t14-,15-,16-,17+,20+,21+/m1/s1. The van der Waals surface area contributed by atoms with Gasteiger partial charge in [-0.3, -0.25) is 24.1 Å². The summed E-state index contributed by atoms with van der Waals surface area (Å²) in [5.41, 5.74) is 1.53. The van der Waals surface area contributed by atoms with Gasteiger partial charge in [0.25, 0.3) is 0 Å². The van der Waals surface area contributed by atoms with Crippen LogP contribution < -0.4 is 0 Å². The summed E-state index contributed by atoms with van der Waals surface area (Å²) in [6.45, 7) is 1.61. The van der Waals surface area contributed by atoms with Crippen LogP contribution in [-0.2, 0) is 19.1 Å². The zero-order chi connectivity index (χ0) is 20.3. The van der Waals surface area contributed by atoms with Crippen molar-refractivity contribution in [2.75, 3.05) is 13.2 Å². The summed E-state index contributed by atoms with van der Waals surface area (Å²) in [7, 11) is 0. The monoisotopic (exact) mass is 393 g/mol. The Hall–Kier alpha value is -2.76. The zero-order valence-corrected chi connectivity index (χ0v) is 16.2. The maximum absolute atomic E-state index is 12.9. The average molecular weight is 393 g/mol. The van der Waals surface area contributed by atoms with Crippen LogP contribution in [0.4, 0.5) is 0 Å². The molecule has 1 aromatic carbocycles. The van der Waals surface area contributed by atoms with Gasteiger partial charge in [-0.1, -0.05) is 42.0 Å². The predicted molar refractivity (Wildman–Crippen MR) is 103 cm³/mol. The molecule has 0 aromatic heterocycles. The summed E-state index contributed by atoms with van der Waals surface area (Å²) in [4.78, 5) is 51.2. The lowest BCUT2D eigenvalue weighted by Crippen LogP contribution is -2.40. The number of ether oxygens (including phenoxy) is 1. The Morgan fingerprint density at radius 3 is 2.17 bits per heavy atom. The molecular weight excluding hydrogens is 370 g/mol. The van der Waals surface area contributed by atoms with E-state index in [0.29, 0.717) is 17.4 Å². The number of benzene rings is 1. The van der Waals surface area contributed by atoms with Gasteiger partial charge in [-0.25, -0.2) is 0 Å². The second-order valence-electron chi connectivity index (χ2n) is 8.68. The first-order valence-electron chi connectivity index (χ1n) is 10.2. The number of hydrogen-bond donors (Lipinski definition) is 0. The van der Waals surface area contributed by atoms with Gasteiger partial charge in [-0.05, 0) is 37.0 Å². The van der Waals surface area contributed by atoms with Gasteiger partial charge in [0.1, 0.15) is 0 Å². The quantitative estimate of drug-likeness (QED) is 0.320. The number of ketones is 1. The lowest BCUT2D eigenvalue weighted by Gasteiger charge is -2.37. The van der Waals surface area contributed by atoms with Crippen LogP contribution in [0.15, 0.2) is 36.4 Å². The van der Waals surface area contributed by atoms with E-state index in [1.54, 1.807) is 12.1 Å². The molecule has 6 atom stereocenters. The lowest BCUT2D eigenvalue weighted by molar-refractivity contribution is -0.145. The van der Waals surface area contributed by atoms with E-state index in [0.717, 1.165) is 12.0 Å². The maximum atomic E-state index is 12.9. The van der Waals surface area contributed by atoms with Crippen molar-refractivity contribution in [3.63, 3.8) is 0 Å². The number of allylic oxidation sites excluding steroid dienone is 2. The number of carbonyl (C=O) groups excluding carboxylic acids is 4. The van der Waals surface area contributed by atoms with Crippen molar-refractivity contribution >= 4 is 23.6 Å². The van der Waals surface area contributed by atoms with Gasteiger partial charge in [-0.2, -0.15) is 0 Å². The van der Waals surface area contributed by atoms with Gasteiger partial charge >= 0.3 is 5.97 Å². The summed E-state index contributed by atoms with van der Waals surface area (Å²) in [6, 6.07) is 7.04. The van der Waals surface area contributed by atoms with E-state index in [1.165, 1.54) is 4.90 Å². The molecule has 29 heavy (non-hydrogen) atoms. The molecule has 5 aliphatic rings. The number of carbonyl (C=O) groups is 4. The summed E-state index contributed by atoms with van der Waals surface area (Å²) in [5.74, 6) is -0.181. The normalized spacial score (nSPS) is 33.5. The predicted octanol–water partition coefficient (Wildman–Crippen LogP) is 2.16. The zero-order valence-electron chi connectivity index (χ0n) is 16.2. The van der Waals surface area contributed by atoms with Crippen LogP contribution >= 0.6 is 0 Å². The van der Waals surface area contributed by atoms with Gasteiger partial charge in [0, 0.05) is 12.1 Å². The first-order chi connectivity index (χ1) is 14.0. The lowest BCUT2D eigenvalue weighted by atomic mass is 9.63. The second kappa shape index (κ2) is 6.65. The maximum Gasteiger partial charge on any atom is 0.308 e. The van der Waals surface area contributed by atoms with E-state index in [1.807, 2.05) is 19.1 Å². The number of aryl methyl sites for hydroxylation is 1. The Morgan fingerprint density at radius 2 is 1.59 bits per heavy atom. The minimum Gasteiger partial charge on any atom is -0.457 e. The first kappa shape index (κ1) is 18.3. The molecule has 1 heterocycles. The minimum atomic E-state index is -0.579. The molecule has 2 amide bonds. The Bertz CT molecular complexity index is 897. The number of esters is 1. The number of hydrogen-bond acceptors (Lipinski definition) is 5. The summed E-state index contributed by atoms with van der Waals surface area (Å²) < 4.78 is 5.07. The fourth-order valence-corrected chi connectivity index (χ4v) is 5.48. The van der Waals surface area contributed by atoms with Crippen LogP contribution in [0.3, 0.4) is 0 Å². The van der Waals surface area contributed by atoms with Crippen LogP contribution in [-0.4, -0.2) is 41.6 Å². The van der Waals surface area contributed by atoms with Crippen molar-refractivity contribution in [1.29, 1.82) is 0 Å². The van der Waals surface area contributed by atoms with Gasteiger partial charge in [-0.15, -0.1) is 0 Å². The van der Waals surface area contributed by atoms with E-state index in [9.17, 15) is 19.2 Å². The van der Waals surface area contributed by atoms with Gasteiger partial charge in [0.2, 0.25) is 11.8 Å². The highest BCUT2D eigenvalue weighted by Gasteiger charge is 2.66. The molecule has 0 N–H and O–H groups in total. The van der Waals surface area contributed by atoms with Crippen molar-refractivity contribution in [2.45, 2.75) is 19.8 Å². The van der Waals surface area contributed by atoms with E-state index in [4.69, 9.17) is 4.74 Å². The fraction of sp³-hybridized carbons (Fsp3) is 0.478. The average Bonchev–Trinajstić information content (AvgIpc) is 3.50. The smallest absolute Gasteiger partial charge is 0.308 e. The Kier molecular flexibility index (Phi) is 4.19. The number of rotatable bonds is 6. The highest BCUT2D eigenvalue weighted by atomic mass is 16.5. The molecule has 1 aromatic rings. The largest absolute Gasteiger partial charge is 0.457 e. The van der Waals surface area contributed by atoms with Gasteiger partial charge in [0.05, 0.1) is 18.3 Å². The van der Waals surface area contributed by atoms with Crippen molar-refractivity contribution in [3.05, 3.63) is 47.5 Å². The molecule has 3 fully saturated rings. The second-order valence-corrected chi connectivity index (χ2v) is 8.68. The molecule has 0 spiro atoms. The molecule has 0 radical (unpaired) electrons.